The molecule has 2 heterocycles. The molecule has 1 saturated heterocycles. The van der Waals surface area contributed by atoms with Gasteiger partial charge in [0.25, 0.3) is 0 Å². The summed E-state index contributed by atoms with van der Waals surface area (Å²) in [6.45, 7) is 7.07. The molecule has 1 fully saturated rings. The lowest BCUT2D eigenvalue weighted by molar-refractivity contribution is 0.0178. The van der Waals surface area contributed by atoms with Crippen LogP contribution in [0.1, 0.15) is 57.2 Å². The van der Waals surface area contributed by atoms with E-state index in [9.17, 15) is 4.79 Å². The molecule has 2 aliphatic carbocycles. The molecule has 1 aromatic rings. The topological polar surface area (TPSA) is 42.4 Å². The zero-order valence-corrected chi connectivity index (χ0v) is 18.7. The van der Waals surface area contributed by atoms with Crippen LogP contribution < -0.4 is 0 Å². The van der Waals surface area contributed by atoms with Crippen LogP contribution in [0.25, 0.3) is 5.47 Å². The lowest BCUT2D eigenvalue weighted by atomic mass is 9.74. The maximum absolute atomic E-state index is 12.5. The van der Waals surface area contributed by atoms with Gasteiger partial charge in [0.2, 0.25) is 0 Å². The van der Waals surface area contributed by atoms with Crippen LogP contribution >= 0.6 is 11.6 Å². The van der Waals surface area contributed by atoms with Crippen molar-refractivity contribution in [3.8, 4) is 0 Å². The van der Waals surface area contributed by atoms with Crippen molar-refractivity contribution in [1.29, 1.82) is 0 Å². The lowest BCUT2D eigenvalue weighted by Gasteiger charge is -2.38. The Balaban J connectivity index is 1.61. The van der Waals surface area contributed by atoms with Crippen molar-refractivity contribution in [2.75, 3.05) is 13.1 Å². The molecular weight excluding hydrogens is 395 g/mol. The van der Waals surface area contributed by atoms with Crippen molar-refractivity contribution in [3.05, 3.63) is 59.0 Å². The lowest BCUT2D eigenvalue weighted by Crippen LogP contribution is -2.42. The van der Waals surface area contributed by atoms with Crippen LogP contribution in [0.3, 0.4) is 0 Å². The average Bonchev–Trinajstić information content (AvgIpc) is 2.80. The highest BCUT2D eigenvalue weighted by molar-refractivity contribution is 6.42. The molecule has 0 bridgehead atoms. The number of likely N-dealkylation sites (tertiary alicyclic amines) is 1. The Bertz CT molecular complexity index is 923. The molecular formula is C24H28BClN2O2. The van der Waals surface area contributed by atoms with Gasteiger partial charge in [-0.05, 0) is 68.7 Å². The number of rotatable bonds is 1. The average molecular weight is 423 g/mol. The second-order valence-corrected chi connectivity index (χ2v) is 9.94. The minimum atomic E-state index is -0.480. The van der Waals surface area contributed by atoms with Crippen LogP contribution in [0.5, 0.6) is 0 Å². The first kappa shape index (κ1) is 21.2. The number of carbonyl (C=O) groups is 1. The molecule has 0 spiro atoms. The fourth-order valence-electron chi connectivity index (χ4n) is 4.70. The number of hydrogen-bond acceptors (Lipinski definition) is 3. The van der Waals surface area contributed by atoms with E-state index in [1.54, 1.807) is 0 Å². The summed E-state index contributed by atoms with van der Waals surface area (Å²) in [6, 6.07) is 3.99. The van der Waals surface area contributed by atoms with E-state index < -0.39 is 5.60 Å². The van der Waals surface area contributed by atoms with Crippen LogP contribution in [-0.4, -0.2) is 47.9 Å². The minimum absolute atomic E-state index is 0.0170. The van der Waals surface area contributed by atoms with E-state index in [0.29, 0.717) is 19.0 Å². The van der Waals surface area contributed by atoms with Gasteiger partial charge in [-0.3, -0.25) is 4.98 Å². The van der Waals surface area contributed by atoms with Crippen molar-refractivity contribution >= 4 is 31.0 Å². The van der Waals surface area contributed by atoms with Gasteiger partial charge in [0, 0.05) is 25.2 Å². The molecule has 2 atom stereocenters. The van der Waals surface area contributed by atoms with E-state index in [1.807, 2.05) is 37.9 Å². The van der Waals surface area contributed by atoms with E-state index in [-0.39, 0.29) is 17.4 Å². The zero-order chi connectivity index (χ0) is 21.5. The summed E-state index contributed by atoms with van der Waals surface area (Å²) < 4.78 is 5.56. The highest BCUT2D eigenvalue weighted by atomic mass is 35.5. The number of halogens is 1. The standard InChI is InChI=1S/C24H28BClN2O2/c1-24(2,3)30-23(29)28-11-8-15(9-12-28)21-18-7-6-17(26)13-16(18)14-20(25)19-5-4-10-27-22(19)21/h4-7,10,14-15,17,21H,8-9,11-13H2,1-3H3. The van der Waals surface area contributed by atoms with Crippen molar-refractivity contribution in [2.24, 2.45) is 5.92 Å². The van der Waals surface area contributed by atoms with Crippen LogP contribution in [0.15, 0.2) is 47.7 Å². The summed E-state index contributed by atoms with van der Waals surface area (Å²) >= 11 is 6.42. The molecule has 156 valence electrons. The molecule has 2 radical (unpaired) electrons. The van der Waals surface area contributed by atoms with Crippen molar-refractivity contribution in [3.63, 3.8) is 0 Å². The maximum atomic E-state index is 12.5. The third-order valence-electron chi connectivity index (χ3n) is 6.04. The highest BCUT2D eigenvalue weighted by Gasteiger charge is 2.36. The van der Waals surface area contributed by atoms with E-state index in [4.69, 9.17) is 29.2 Å². The number of alkyl halides is 1. The van der Waals surface area contributed by atoms with Crippen LogP contribution in [-0.2, 0) is 4.74 Å². The Hall–Kier alpha value is -2.01. The first-order valence-corrected chi connectivity index (χ1v) is 11.1. The number of amides is 1. The van der Waals surface area contributed by atoms with E-state index >= 15 is 0 Å². The molecule has 1 aliphatic heterocycles. The molecule has 0 aromatic carbocycles. The molecule has 1 aromatic heterocycles. The van der Waals surface area contributed by atoms with Gasteiger partial charge in [-0.25, -0.2) is 4.79 Å². The van der Waals surface area contributed by atoms with Gasteiger partial charge >= 0.3 is 6.09 Å². The van der Waals surface area contributed by atoms with Crippen LogP contribution in [0.2, 0.25) is 0 Å². The van der Waals surface area contributed by atoms with E-state index in [2.05, 4.69) is 24.3 Å². The first-order valence-electron chi connectivity index (χ1n) is 10.7. The minimum Gasteiger partial charge on any atom is -0.444 e. The van der Waals surface area contributed by atoms with Gasteiger partial charge in [0.15, 0.2) is 0 Å². The highest BCUT2D eigenvalue weighted by Crippen LogP contribution is 2.46. The molecule has 4 nitrogen and oxygen atoms in total. The normalized spacial score (nSPS) is 24.7. The molecule has 6 heteroatoms. The van der Waals surface area contributed by atoms with Crippen molar-refractivity contribution in [1.82, 2.24) is 9.88 Å². The third kappa shape index (κ3) is 4.37. The van der Waals surface area contributed by atoms with Crippen LogP contribution in [0, 0.1) is 5.92 Å². The third-order valence-corrected chi connectivity index (χ3v) is 6.34. The number of ether oxygens (including phenoxy) is 1. The molecule has 2 unspecified atom stereocenters. The van der Waals surface area contributed by atoms with Crippen molar-refractivity contribution in [2.45, 2.75) is 56.9 Å². The summed E-state index contributed by atoms with van der Waals surface area (Å²) in [5.74, 6) is 0.521. The number of aromatic nitrogens is 1. The number of allylic oxidation sites excluding steroid dienone is 5. The summed E-state index contributed by atoms with van der Waals surface area (Å²) in [6.07, 6.45) is 10.5. The van der Waals surface area contributed by atoms with Crippen LogP contribution in [0.4, 0.5) is 4.79 Å². The second-order valence-electron chi connectivity index (χ2n) is 9.38. The number of piperidine rings is 1. The largest absolute Gasteiger partial charge is 0.444 e. The van der Waals surface area contributed by atoms with Gasteiger partial charge < -0.3 is 9.64 Å². The van der Waals surface area contributed by atoms with E-state index in [1.165, 1.54) is 11.1 Å². The quantitative estimate of drug-likeness (QED) is 0.461. The summed E-state index contributed by atoms with van der Waals surface area (Å²) in [5, 5.41) is -0.0170. The predicted octanol–water partition coefficient (Wildman–Crippen LogP) is 5.20. The molecule has 1 amide bonds. The Kier molecular flexibility index (Phi) is 5.85. The number of pyridine rings is 1. The van der Waals surface area contributed by atoms with Gasteiger partial charge in [0.05, 0.1) is 11.1 Å². The number of carbonyl (C=O) groups excluding carboxylic acids is 1. The molecule has 0 N–H and O–H groups in total. The number of fused-ring (bicyclic) bond motifs is 1. The Morgan fingerprint density at radius 3 is 2.73 bits per heavy atom. The number of hydrogen-bond donors (Lipinski definition) is 0. The van der Waals surface area contributed by atoms with Gasteiger partial charge in [0.1, 0.15) is 13.4 Å². The van der Waals surface area contributed by atoms with Gasteiger partial charge in [-0.15, -0.1) is 11.6 Å². The molecule has 30 heavy (non-hydrogen) atoms. The summed E-state index contributed by atoms with van der Waals surface area (Å²) in [7, 11) is 6.46. The molecule has 4 rings (SSSR count). The molecule has 3 aliphatic rings. The van der Waals surface area contributed by atoms with E-state index in [0.717, 1.165) is 36.0 Å². The zero-order valence-electron chi connectivity index (χ0n) is 17.9. The smallest absolute Gasteiger partial charge is 0.410 e. The van der Waals surface area contributed by atoms with Gasteiger partial charge in [-0.1, -0.05) is 29.8 Å². The Labute approximate surface area is 185 Å². The maximum Gasteiger partial charge on any atom is 0.410 e. The summed E-state index contributed by atoms with van der Waals surface area (Å²) in [4.78, 5) is 19.1. The summed E-state index contributed by atoms with van der Waals surface area (Å²) in [5.41, 5.74) is 4.77. The SMILES string of the molecule is [B]C1=CC2=C(C=CC(Cl)C2)C(C2CCN(C(=O)OC(C)(C)C)CC2)c2ncccc21. The number of nitrogens with zero attached hydrogens (tertiary/aromatic N) is 2. The van der Waals surface area contributed by atoms with Crippen molar-refractivity contribution < 1.29 is 9.53 Å². The Morgan fingerprint density at radius 2 is 2.03 bits per heavy atom. The fraction of sp³-hybridized carbons (Fsp3) is 0.500. The monoisotopic (exact) mass is 422 g/mol. The predicted molar refractivity (Wildman–Crippen MR) is 122 cm³/mol. The first-order chi connectivity index (χ1) is 14.2. The Morgan fingerprint density at radius 1 is 1.30 bits per heavy atom. The fourth-order valence-corrected chi connectivity index (χ4v) is 4.94. The molecule has 0 saturated carbocycles. The van der Waals surface area contributed by atoms with Gasteiger partial charge in [-0.2, -0.15) is 0 Å². The second kappa shape index (κ2) is 8.26.